The number of halogens is 1. The van der Waals surface area contributed by atoms with Crippen LogP contribution in [0.4, 0.5) is 4.39 Å². The van der Waals surface area contributed by atoms with Gasteiger partial charge in [0.15, 0.2) is 0 Å². The van der Waals surface area contributed by atoms with E-state index in [2.05, 4.69) is 25.7 Å². The van der Waals surface area contributed by atoms with Crippen molar-refractivity contribution in [1.29, 1.82) is 0 Å². The minimum Gasteiger partial charge on any atom is -0.496 e. The number of benzene rings is 1. The molecular weight excluding hydrogens is 283 g/mol. The van der Waals surface area contributed by atoms with E-state index in [0.717, 1.165) is 13.0 Å². The Morgan fingerprint density at radius 2 is 2.14 bits per heavy atom. The van der Waals surface area contributed by atoms with Crippen molar-refractivity contribution in [2.24, 2.45) is 0 Å². The predicted molar refractivity (Wildman–Crippen MR) is 84.8 cm³/mol. The lowest BCUT2D eigenvalue weighted by Crippen LogP contribution is -2.56. The first kappa shape index (κ1) is 16.7. The van der Waals surface area contributed by atoms with E-state index in [-0.39, 0.29) is 11.5 Å². The normalized spacial score (nSPS) is 19.5. The standard InChI is InChI=1S/C17H25FN2O2/c1-5-13-11-19(9-10-20(13)12(2)3)17(21)16-14(18)7-6-8-15(16)22-4/h6-8,12-13H,5,9-11H2,1-4H3/t13-/m0/s1. The first-order valence-electron chi connectivity index (χ1n) is 7.87. The van der Waals surface area contributed by atoms with Crippen LogP contribution in [0.5, 0.6) is 5.75 Å². The molecule has 1 saturated heterocycles. The molecule has 0 bridgehead atoms. The number of hydrogen-bond acceptors (Lipinski definition) is 3. The Kier molecular flexibility index (Phi) is 5.40. The molecule has 0 radical (unpaired) electrons. The fourth-order valence-corrected chi connectivity index (χ4v) is 3.14. The van der Waals surface area contributed by atoms with Gasteiger partial charge in [-0.3, -0.25) is 9.69 Å². The van der Waals surface area contributed by atoms with Gasteiger partial charge in [0.1, 0.15) is 17.1 Å². The van der Waals surface area contributed by atoms with E-state index in [1.165, 1.54) is 13.2 Å². The van der Waals surface area contributed by atoms with Crippen LogP contribution in [-0.2, 0) is 0 Å². The fraction of sp³-hybridized carbons (Fsp3) is 0.588. The third kappa shape index (κ3) is 3.24. The zero-order valence-electron chi connectivity index (χ0n) is 13.8. The number of hydrogen-bond donors (Lipinski definition) is 0. The van der Waals surface area contributed by atoms with Crippen molar-refractivity contribution < 1.29 is 13.9 Å². The van der Waals surface area contributed by atoms with Crippen LogP contribution in [0.25, 0.3) is 0 Å². The third-order valence-electron chi connectivity index (χ3n) is 4.36. The molecule has 0 unspecified atom stereocenters. The molecule has 0 spiro atoms. The smallest absolute Gasteiger partial charge is 0.260 e. The first-order valence-corrected chi connectivity index (χ1v) is 7.87. The van der Waals surface area contributed by atoms with Gasteiger partial charge in [0.2, 0.25) is 0 Å². The van der Waals surface area contributed by atoms with Gasteiger partial charge >= 0.3 is 0 Å². The summed E-state index contributed by atoms with van der Waals surface area (Å²) in [4.78, 5) is 16.9. The lowest BCUT2D eigenvalue weighted by Gasteiger charge is -2.43. The topological polar surface area (TPSA) is 32.8 Å². The highest BCUT2D eigenvalue weighted by Gasteiger charge is 2.32. The van der Waals surface area contributed by atoms with E-state index in [0.29, 0.717) is 30.9 Å². The van der Waals surface area contributed by atoms with E-state index in [4.69, 9.17) is 4.74 Å². The van der Waals surface area contributed by atoms with Gasteiger partial charge in [-0.1, -0.05) is 13.0 Å². The van der Waals surface area contributed by atoms with Gasteiger partial charge in [0, 0.05) is 31.7 Å². The highest BCUT2D eigenvalue weighted by molar-refractivity contribution is 5.97. The summed E-state index contributed by atoms with van der Waals surface area (Å²) in [5.74, 6) is -0.509. The van der Waals surface area contributed by atoms with Gasteiger partial charge in [-0.15, -0.1) is 0 Å². The summed E-state index contributed by atoms with van der Waals surface area (Å²) in [7, 11) is 1.46. The SMILES string of the molecule is CC[C@H]1CN(C(=O)c2c(F)cccc2OC)CCN1C(C)C. The minimum atomic E-state index is -0.524. The molecule has 1 aromatic rings. The number of rotatable bonds is 4. The van der Waals surface area contributed by atoms with Gasteiger partial charge < -0.3 is 9.64 Å². The number of amides is 1. The lowest BCUT2D eigenvalue weighted by atomic mass is 10.1. The second-order valence-electron chi connectivity index (χ2n) is 5.96. The maximum atomic E-state index is 14.1. The molecule has 1 aliphatic rings. The lowest BCUT2D eigenvalue weighted by molar-refractivity contribution is 0.0366. The Hall–Kier alpha value is -1.62. The largest absolute Gasteiger partial charge is 0.496 e. The van der Waals surface area contributed by atoms with Crippen LogP contribution in [0.2, 0.25) is 0 Å². The predicted octanol–water partition coefficient (Wildman–Crippen LogP) is 2.78. The van der Waals surface area contributed by atoms with Crippen molar-refractivity contribution in [2.75, 3.05) is 26.7 Å². The number of carbonyl (C=O) groups excluding carboxylic acids is 1. The highest BCUT2D eigenvalue weighted by Crippen LogP contribution is 2.25. The number of piperazine rings is 1. The van der Waals surface area contributed by atoms with Crippen molar-refractivity contribution in [3.05, 3.63) is 29.6 Å². The number of carbonyl (C=O) groups is 1. The molecule has 1 aromatic carbocycles. The summed E-state index contributed by atoms with van der Waals surface area (Å²) in [6, 6.07) is 5.24. The fourth-order valence-electron chi connectivity index (χ4n) is 3.14. The quantitative estimate of drug-likeness (QED) is 0.857. The zero-order chi connectivity index (χ0) is 16.3. The van der Waals surface area contributed by atoms with Crippen molar-refractivity contribution in [2.45, 2.75) is 39.3 Å². The summed E-state index contributed by atoms with van der Waals surface area (Å²) >= 11 is 0. The van der Waals surface area contributed by atoms with Crippen molar-refractivity contribution in [3.63, 3.8) is 0 Å². The Morgan fingerprint density at radius 1 is 1.41 bits per heavy atom. The van der Waals surface area contributed by atoms with Crippen LogP contribution in [0, 0.1) is 5.82 Å². The van der Waals surface area contributed by atoms with Gasteiger partial charge in [0.05, 0.1) is 7.11 Å². The van der Waals surface area contributed by atoms with Crippen LogP contribution < -0.4 is 4.74 Å². The number of methoxy groups -OCH3 is 1. The van der Waals surface area contributed by atoms with Crippen LogP contribution >= 0.6 is 0 Å². The monoisotopic (exact) mass is 308 g/mol. The Morgan fingerprint density at radius 3 is 2.73 bits per heavy atom. The van der Waals surface area contributed by atoms with Gasteiger partial charge in [-0.25, -0.2) is 4.39 Å². The molecule has 0 aliphatic carbocycles. The van der Waals surface area contributed by atoms with Crippen molar-refractivity contribution >= 4 is 5.91 Å². The molecule has 22 heavy (non-hydrogen) atoms. The molecule has 1 heterocycles. The van der Waals surface area contributed by atoms with E-state index in [1.807, 2.05) is 0 Å². The summed E-state index contributed by atoms with van der Waals surface area (Å²) in [5, 5.41) is 0. The van der Waals surface area contributed by atoms with Crippen LogP contribution in [0.1, 0.15) is 37.6 Å². The summed E-state index contributed by atoms with van der Waals surface area (Å²) < 4.78 is 19.2. The van der Waals surface area contributed by atoms with E-state index < -0.39 is 5.82 Å². The molecule has 5 heteroatoms. The molecule has 0 N–H and O–H groups in total. The molecular formula is C17H25FN2O2. The summed E-state index contributed by atoms with van der Waals surface area (Å²) in [5.41, 5.74) is 0.0397. The Labute approximate surface area is 131 Å². The molecule has 1 aliphatic heterocycles. The van der Waals surface area contributed by atoms with Gasteiger partial charge in [-0.2, -0.15) is 0 Å². The molecule has 2 rings (SSSR count). The minimum absolute atomic E-state index is 0.0397. The van der Waals surface area contributed by atoms with Crippen LogP contribution in [-0.4, -0.2) is 54.5 Å². The molecule has 1 amide bonds. The zero-order valence-corrected chi connectivity index (χ0v) is 13.8. The number of ether oxygens (including phenoxy) is 1. The van der Waals surface area contributed by atoms with Gasteiger partial charge in [-0.05, 0) is 32.4 Å². The van der Waals surface area contributed by atoms with Crippen molar-refractivity contribution in [1.82, 2.24) is 9.80 Å². The maximum Gasteiger partial charge on any atom is 0.260 e. The highest BCUT2D eigenvalue weighted by atomic mass is 19.1. The van der Waals surface area contributed by atoms with E-state index in [1.54, 1.807) is 17.0 Å². The van der Waals surface area contributed by atoms with Crippen LogP contribution in [0.15, 0.2) is 18.2 Å². The molecule has 0 saturated carbocycles. The second kappa shape index (κ2) is 7.09. The van der Waals surface area contributed by atoms with E-state index in [9.17, 15) is 9.18 Å². The Bertz CT molecular complexity index is 533. The van der Waals surface area contributed by atoms with Crippen LogP contribution in [0.3, 0.4) is 0 Å². The summed E-state index contributed by atoms with van der Waals surface area (Å²) in [6.07, 6.45) is 0.969. The number of nitrogens with zero attached hydrogens (tertiary/aromatic N) is 2. The summed E-state index contributed by atoms with van der Waals surface area (Å²) in [6.45, 7) is 8.52. The molecule has 122 valence electrons. The average Bonchev–Trinajstić information content (AvgIpc) is 2.53. The van der Waals surface area contributed by atoms with E-state index >= 15 is 0 Å². The molecule has 1 fully saturated rings. The third-order valence-corrected chi connectivity index (χ3v) is 4.36. The van der Waals surface area contributed by atoms with Crippen molar-refractivity contribution in [3.8, 4) is 5.75 Å². The second-order valence-corrected chi connectivity index (χ2v) is 5.96. The molecule has 0 aromatic heterocycles. The maximum absolute atomic E-state index is 14.1. The first-order chi connectivity index (χ1) is 10.5. The Balaban J connectivity index is 2.21. The molecule has 4 nitrogen and oxygen atoms in total. The average molecular weight is 308 g/mol. The molecule has 1 atom stereocenters. The van der Waals surface area contributed by atoms with Gasteiger partial charge in [0.25, 0.3) is 5.91 Å².